The van der Waals surface area contributed by atoms with Crippen LogP contribution in [-0.2, 0) is 11.3 Å². The first-order valence-corrected chi connectivity index (χ1v) is 5.85. The lowest BCUT2D eigenvalue weighted by atomic mass is 10.1. The van der Waals surface area contributed by atoms with E-state index in [2.05, 4.69) is 10.3 Å². The van der Waals surface area contributed by atoms with Gasteiger partial charge in [-0.25, -0.2) is 0 Å². The molecule has 0 radical (unpaired) electrons. The summed E-state index contributed by atoms with van der Waals surface area (Å²) in [5, 5.41) is 3.63. The zero-order valence-electron chi connectivity index (χ0n) is 10.8. The summed E-state index contributed by atoms with van der Waals surface area (Å²) in [4.78, 5) is 25.6. The van der Waals surface area contributed by atoms with Crippen LogP contribution in [0.15, 0.2) is 23.0 Å². The number of hydrogen-bond donors (Lipinski definition) is 2. The number of carbonyl (C=O) groups is 1. The van der Waals surface area contributed by atoms with Crippen LogP contribution in [0.1, 0.15) is 23.6 Å². The molecular formula is C14H16N2O2. The average molecular weight is 244 g/mol. The molecule has 94 valence electrons. The Balaban J connectivity index is 2.54. The van der Waals surface area contributed by atoms with Gasteiger partial charge in [-0.05, 0) is 36.9 Å². The lowest BCUT2D eigenvalue weighted by Gasteiger charge is -2.07. The van der Waals surface area contributed by atoms with Gasteiger partial charge in [0.05, 0.1) is 5.52 Å². The van der Waals surface area contributed by atoms with Gasteiger partial charge in [0.25, 0.3) is 5.56 Å². The third-order valence-corrected chi connectivity index (χ3v) is 2.90. The predicted octanol–water partition coefficient (Wildman–Crippen LogP) is 1.78. The van der Waals surface area contributed by atoms with E-state index in [0.29, 0.717) is 5.56 Å². The summed E-state index contributed by atoms with van der Waals surface area (Å²) in [5.74, 6) is -0.144. The first-order chi connectivity index (χ1) is 8.47. The number of H-pyrrole nitrogens is 1. The minimum absolute atomic E-state index is 0.144. The topological polar surface area (TPSA) is 62.0 Å². The summed E-state index contributed by atoms with van der Waals surface area (Å²) < 4.78 is 0. The third kappa shape index (κ3) is 2.42. The van der Waals surface area contributed by atoms with Crippen molar-refractivity contribution >= 4 is 16.8 Å². The van der Waals surface area contributed by atoms with E-state index in [0.717, 1.165) is 22.0 Å². The Hall–Kier alpha value is -2.10. The van der Waals surface area contributed by atoms with Crippen LogP contribution in [0, 0.1) is 13.8 Å². The van der Waals surface area contributed by atoms with E-state index < -0.39 is 0 Å². The molecule has 0 bridgehead atoms. The van der Waals surface area contributed by atoms with Crippen molar-refractivity contribution in [3.8, 4) is 0 Å². The van der Waals surface area contributed by atoms with Crippen molar-refractivity contribution < 1.29 is 4.79 Å². The number of carbonyl (C=O) groups excluding carboxylic acids is 1. The van der Waals surface area contributed by atoms with Crippen LogP contribution in [0.5, 0.6) is 0 Å². The molecule has 18 heavy (non-hydrogen) atoms. The second-order valence-corrected chi connectivity index (χ2v) is 4.58. The number of nitrogens with one attached hydrogen (secondary N) is 2. The summed E-state index contributed by atoms with van der Waals surface area (Å²) >= 11 is 0. The summed E-state index contributed by atoms with van der Waals surface area (Å²) in [7, 11) is 0. The van der Waals surface area contributed by atoms with Crippen LogP contribution in [-0.4, -0.2) is 10.9 Å². The van der Waals surface area contributed by atoms with Gasteiger partial charge in [0.2, 0.25) is 5.91 Å². The molecule has 1 aromatic heterocycles. The Morgan fingerprint density at radius 1 is 1.28 bits per heavy atom. The number of pyridine rings is 1. The summed E-state index contributed by atoms with van der Waals surface area (Å²) in [6.45, 7) is 5.68. The standard InChI is InChI=1S/C14H16N2O2/c1-8-4-9(2)13-11(5-8)6-12(14(18)16-13)7-15-10(3)17/h4-6H,7H2,1-3H3,(H,15,17)(H,16,18). The summed E-state index contributed by atoms with van der Waals surface area (Å²) in [6, 6.07) is 5.89. The number of amides is 1. The van der Waals surface area contributed by atoms with Crippen molar-refractivity contribution in [2.45, 2.75) is 27.3 Å². The van der Waals surface area contributed by atoms with Crippen molar-refractivity contribution in [2.24, 2.45) is 0 Å². The van der Waals surface area contributed by atoms with Crippen LogP contribution in [0.4, 0.5) is 0 Å². The molecule has 0 saturated carbocycles. The second kappa shape index (κ2) is 4.64. The van der Waals surface area contributed by atoms with Crippen LogP contribution in [0.25, 0.3) is 10.9 Å². The monoisotopic (exact) mass is 244 g/mol. The molecule has 0 atom stereocenters. The number of aromatic nitrogens is 1. The molecule has 0 aliphatic carbocycles. The summed E-state index contributed by atoms with van der Waals surface area (Å²) in [6.07, 6.45) is 0. The van der Waals surface area contributed by atoms with E-state index in [-0.39, 0.29) is 18.0 Å². The maximum Gasteiger partial charge on any atom is 0.253 e. The Kier molecular flexibility index (Phi) is 3.19. The minimum atomic E-state index is -0.150. The average Bonchev–Trinajstić information content (AvgIpc) is 2.27. The van der Waals surface area contributed by atoms with Gasteiger partial charge >= 0.3 is 0 Å². The number of rotatable bonds is 2. The predicted molar refractivity (Wildman–Crippen MR) is 71.6 cm³/mol. The highest BCUT2D eigenvalue weighted by Gasteiger charge is 2.05. The molecule has 0 unspecified atom stereocenters. The highest BCUT2D eigenvalue weighted by molar-refractivity contribution is 5.83. The zero-order chi connectivity index (χ0) is 13.3. The quantitative estimate of drug-likeness (QED) is 0.846. The Morgan fingerprint density at radius 2 is 2.00 bits per heavy atom. The van der Waals surface area contributed by atoms with Gasteiger partial charge in [0.15, 0.2) is 0 Å². The summed E-state index contributed by atoms with van der Waals surface area (Å²) in [5.41, 5.74) is 3.48. The van der Waals surface area contributed by atoms with Gasteiger partial charge in [0.1, 0.15) is 0 Å². The molecule has 1 heterocycles. The van der Waals surface area contributed by atoms with Crippen molar-refractivity contribution in [3.05, 3.63) is 45.2 Å². The zero-order valence-corrected chi connectivity index (χ0v) is 10.8. The van der Waals surface area contributed by atoms with E-state index in [4.69, 9.17) is 0 Å². The molecule has 2 aromatic rings. The van der Waals surface area contributed by atoms with E-state index in [1.807, 2.05) is 32.0 Å². The van der Waals surface area contributed by atoms with Gasteiger partial charge in [-0.15, -0.1) is 0 Å². The Labute approximate surface area is 105 Å². The molecule has 1 amide bonds. The maximum atomic E-state index is 11.9. The molecule has 0 saturated heterocycles. The van der Waals surface area contributed by atoms with Crippen molar-refractivity contribution in [3.63, 3.8) is 0 Å². The number of aromatic amines is 1. The van der Waals surface area contributed by atoms with Crippen molar-refractivity contribution in [1.29, 1.82) is 0 Å². The van der Waals surface area contributed by atoms with Gasteiger partial charge < -0.3 is 10.3 Å². The molecule has 0 aliphatic heterocycles. The van der Waals surface area contributed by atoms with E-state index in [1.54, 1.807) is 0 Å². The smallest absolute Gasteiger partial charge is 0.253 e. The molecule has 1 aromatic carbocycles. The largest absolute Gasteiger partial charge is 0.352 e. The number of aryl methyl sites for hydroxylation is 2. The molecule has 0 aliphatic rings. The molecule has 4 nitrogen and oxygen atoms in total. The molecule has 0 spiro atoms. The molecule has 0 fully saturated rings. The molecule has 2 N–H and O–H groups in total. The van der Waals surface area contributed by atoms with Crippen molar-refractivity contribution in [2.75, 3.05) is 0 Å². The van der Waals surface area contributed by atoms with Crippen LogP contribution in [0.2, 0.25) is 0 Å². The highest BCUT2D eigenvalue weighted by atomic mass is 16.1. The lowest BCUT2D eigenvalue weighted by Crippen LogP contribution is -2.24. The Bertz CT molecular complexity index is 671. The molecule has 4 heteroatoms. The fourth-order valence-electron chi connectivity index (χ4n) is 2.08. The highest BCUT2D eigenvalue weighted by Crippen LogP contribution is 2.17. The molecule has 2 rings (SSSR count). The maximum absolute atomic E-state index is 11.9. The van der Waals surface area contributed by atoms with Crippen LogP contribution in [0.3, 0.4) is 0 Å². The van der Waals surface area contributed by atoms with Gasteiger partial charge in [-0.1, -0.05) is 11.6 Å². The molecular weight excluding hydrogens is 228 g/mol. The fraction of sp³-hybridized carbons (Fsp3) is 0.286. The number of hydrogen-bond acceptors (Lipinski definition) is 2. The normalized spacial score (nSPS) is 10.6. The van der Waals surface area contributed by atoms with Crippen molar-refractivity contribution in [1.82, 2.24) is 10.3 Å². The SMILES string of the molecule is CC(=O)NCc1cc2cc(C)cc(C)c2[nH]c1=O. The van der Waals surface area contributed by atoms with E-state index in [1.165, 1.54) is 6.92 Å². The number of fused-ring (bicyclic) bond motifs is 1. The first kappa shape index (κ1) is 12.4. The van der Waals surface area contributed by atoms with Crippen LogP contribution < -0.4 is 10.9 Å². The van der Waals surface area contributed by atoms with Crippen LogP contribution >= 0.6 is 0 Å². The number of benzene rings is 1. The second-order valence-electron chi connectivity index (χ2n) is 4.58. The van der Waals surface area contributed by atoms with Gasteiger partial charge in [-0.2, -0.15) is 0 Å². The fourth-order valence-corrected chi connectivity index (χ4v) is 2.08. The first-order valence-electron chi connectivity index (χ1n) is 5.85. The Morgan fingerprint density at radius 3 is 2.67 bits per heavy atom. The lowest BCUT2D eigenvalue weighted by molar-refractivity contribution is -0.119. The van der Waals surface area contributed by atoms with E-state index >= 15 is 0 Å². The van der Waals surface area contributed by atoms with E-state index in [9.17, 15) is 9.59 Å². The third-order valence-electron chi connectivity index (χ3n) is 2.90. The van der Waals surface area contributed by atoms with Gasteiger partial charge in [-0.3, -0.25) is 9.59 Å². The van der Waals surface area contributed by atoms with Gasteiger partial charge in [0, 0.05) is 19.0 Å². The minimum Gasteiger partial charge on any atom is -0.352 e.